The highest BCUT2D eigenvalue weighted by atomic mass is 19.1. The molecule has 0 saturated carbocycles. The fourth-order valence-electron chi connectivity index (χ4n) is 8.01. The minimum Gasteiger partial charge on any atom is -0.508 e. The van der Waals surface area contributed by atoms with Gasteiger partial charge in [0.15, 0.2) is 5.82 Å². The molecule has 4 fully saturated rings. The summed E-state index contributed by atoms with van der Waals surface area (Å²) in [7, 11) is 0. The summed E-state index contributed by atoms with van der Waals surface area (Å²) in [6, 6.07) is 5.55. The van der Waals surface area contributed by atoms with E-state index in [1.807, 2.05) is 0 Å². The van der Waals surface area contributed by atoms with Crippen molar-refractivity contribution >= 4 is 39.3 Å². The summed E-state index contributed by atoms with van der Waals surface area (Å²) in [6.07, 6.45) is 2.75. The van der Waals surface area contributed by atoms with Crippen molar-refractivity contribution in [3.63, 3.8) is 0 Å². The van der Waals surface area contributed by atoms with Crippen molar-refractivity contribution < 1.29 is 32.6 Å². The number of benzene rings is 2. The zero-order valence-electron chi connectivity index (χ0n) is 25.0. The number of amides is 2. The van der Waals surface area contributed by atoms with Crippen LogP contribution >= 0.6 is 0 Å². The van der Waals surface area contributed by atoms with Gasteiger partial charge in [-0.15, -0.1) is 0 Å². The van der Waals surface area contributed by atoms with E-state index in [0.29, 0.717) is 35.7 Å². The molecule has 2 unspecified atom stereocenters. The first-order valence-corrected chi connectivity index (χ1v) is 15.6. The van der Waals surface area contributed by atoms with E-state index in [1.165, 1.54) is 30.5 Å². The molecule has 0 bridgehead atoms. The van der Waals surface area contributed by atoms with Crippen LogP contribution in [0.25, 0.3) is 32.9 Å². The molecular weight excluding hydrogens is 601 g/mol. The molecule has 6 heterocycles. The molecule has 2 aromatic carbocycles. The number of phenols is 1. The second-order valence-corrected chi connectivity index (χ2v) is 12.8. The van der Waals surface area contributed by atoms with Gasteiger partial charge in [0.2, 0.25) is 11.8 Å². The van der Waals surface area contributed by atoms with Crippen LogP contribution in [0, 0.1) is 23.5 Å². The van der Waals surface area contributed by atoms with Crippen LogP contribution in [-0.4, -0.2) is 81.3 Å². The van der Waals surface area contributed by atoms with Crippen molar-refractivity contribution in [1.29, 1.82) is 0 Å². The van der Waals surface area contributed by atoms with Crippen LogP contribution in [0.2, 0.25) is 0 Å². The smallest absolute Gasteiger partial charge is 0.319 e. The minimum atomic E-state index is -0.967. The van der Waals surface area contributed by atoms with Gasteiger partial charge < -0.3 is 14.7 Å². The number of hydrogen-bond acceptors (Lipinski definition) is 9. The molecule has 0 radical (unpaired) electrons. The van der Waals surface area contributed by atoms with Crippen LogP contribution in [-0.2, 0) is 16.0 Å². The fourth-order valence-corrected chi connectivity index (χ4v) is 8.01. The Hall–Kier alpha value is -4.52. The Labute approximate surface area is 261 Å². The van der Waals surface area contributed by atoms with Crippen LogP contribution in [0.5, 0.6) is 11.8 Å². The van der Waals surface area contributed by atoms with Crippen LogP contribution in [0.15, 0.2) is 30.5 Å². The number of carbonyl (C=O) groups is 2. The highest BCUT2D eigenvalue weighted by molar-refractivity contribution is 6.07. The lowest BCUT2D eigenvalue weighted by atomic mass is 9.94. The molecule has 0 spiro atoms. The maximum Gasteiger partial charge on any atom is 0.319 e. The monoisotopic (exact) mass is 632 g/mol. The summed E-state index contributed by atoms with van der Waals surface area (Å²) in [4.78, 5) is 42.3. The summed E-state index contributed by atoms with van der Waals surface area (Å²) in [5, 5.41) is 14.1. The van der Waals surface area contributed by atoms with Crippen LogP contribution in [0.1, 0.15) is 31.7 Å². The molecule has 0 aliphatic carbocycles. The summed E-state index contributed by atoms with van der Waals surface area (Å²) >= 11 is 0. The Morgan fingerprint density at radius 1 is 1.11 bits per heavy atom. The van der Waals surface area contributed by atoms with E-state index in [0.717, 1.165) is 19.4 Å². The second-order valence-electron chi connectivity index (χ2n) is 12.8. The number of phenolic OH excluding ortho intramolecular Hbond substituents is 1. The van der Waals surface area contributed by atoms with Gasteiger partial charge in [0.05, 0.1) is 22.8 Å². The van der Waals surface area contributed by atoms with Crippen molar-refractivity contribution in [2.45, 2.75) is 44.3 Å². The number of pyridine rings is 1. The number of rotatable bonds is 6. The van der Waals surface area contributed by atoms with Crippen LogP contribution in [0.3, 0.4) is 0 Å². The molecule has 2 aromatic heterocycles. The standard InChI is InChI=1S/C33H31F3N6O4/c1-2-19-24(35)5-4-16-8-18(43)9-20(25(16)19)27-26(36)28-21(11-37-27)29(41-13-22-23(14-41)31(45)40-30(22)44)39-32(38-28)46-15-33-6-3-7-42(33)12-17(34)10-33/h4-5,8-9,11,17,22-23,43H,2-3,6-7,10,12-15H2,1H3,(H,40,44,45)/t17-,22?,23?,33+/m1/s1. The van der Waals surface area contributed by atoms with Crippen LogP contribution < -0.4 is 15.0 Å². The van der Waals surface area contributed by atoms with Gasteiger partial charge in [0, 0.05) is 37.8 Å². The van der Waals surface area contributed by atoms with E-state index < -0.39 is 35.2 Å². The molecular formula is C33H31F3N6O4. The number of aromatic hydroxyl groups is 1. The maximum absolute atomic E-state index is 16.8. The van der Waals surface area contributed by atoms with Gasteiger partial charge in [-0.2, -0.15) is 9.97 Å². The third-order valence-electron chi connectivity index (χ3n) is 10.2. The molecule has 46 heavy (non-hydrogen) atoms. The molecule has 2 N–H and O–H groups in total. The number of anilines is 1. The van der Waals surface area contributed by atoms with Gasteiger partial charge in [-0.25, -0.2) is 13.2 Å². The first-order valence-electron chi connectivity index (χ1n) is 15.6. The molecule has 238 valence electrons. The lowest BCUT2D eigenvalue weighted by Crippen LogP contribution is -2.43. The Kier molecular flexibility index (Phi) is 6.61. The topological polar surface area (TPSA) is 121 Å². The van der Waals surface area contributed by atoms with Crippen molar-refractivity contribution in [3.05, 3.63) is 47.7 Å². The number of carbonyl (C=O) groups excluding carboxylic acids is 2. The number of fused-ring (bicyclic) bond motifs is 4. The Bertz CT molecular complexity index is 1940. The highest BCUT2D eigenvalue weighted by Gasteiger charge is 2.50. The quantitative estimate of drug-likeness (QED) is 0.303. The lowest BCUT2D eigenvalue weighted by Gasteiger charge is -2.31. The van der Waals surface area contributed by atoms with Gasteiger partial charge in [-0.3, -0.25) is 24.8 Å². The third-order valence-corrected chi connectivity index (χ3v) is 10.2. The summed E-state index contributed by atoms with van der Waals surface area (Å²) < 4.78 is 52.3. The Balaban J connectivity index is 1.27. The maximum atomic E-state index is 16.8. The lowest BCUT2D eigenvalue weighted by molar-refractivity contribution is -0.126. The number of aryl methyl sites for hydroxylation is 1. The van der Waals surface area contributed by atoms with E-state index in [4.69, 9.17) is 4.74 Å². The van der Waals surface area contributed by atoms with Gasteiger partial charge in [0.25, 0.3) is 0 Å². The first-order chi connectivity index (χ1) is 22.2. The number of hydrogen-bond donors (Lipinski definition) is 2. The molecule has 2 amide bonds. The van der Waals surface area contributed by atoms with Crippen molar-refractivity contribution in [2.75, 3.05) is 37.7 Å². The molecule has 4 atom stereocenters. The first kappa shape index (κ1) is 28.9. The van der Waals surface area contributed by atoms with Gasteiger partial charge in [0.1, 0.15) is 41.4 Å². The molecule has 8 rings (SSSR count). The van der Waals surface area contributed by atoms with Crippen molar-refractivity contribution in [2.24, 2.45) is 11.8 Å². The summed E-state index contributed by atoms with van der Waals surface area (Å²) in [5.41, 5.74) is -0.216. The molecule has 4 aliphatic rings. The minimum absolute atomic E-state index is 0.112. The molecule has 4 saturated heterocycles. The predicted octanol–water partition coefficient (Wildman–Crippen LogP) is 4.06. The predicted molar refractivity (Wildman–Crippen MR) is 162 cm³/mol. The number of halogens is 3. The van der Waals surface area contributed by atoms with Crippen molar-refractivity contribution in [1.82, 2.24) is 25.2 Å². The van der Waals surface area contributed by atoms with E-state index in [2.05, 4.69) is 25.2 Å². The second kappa shape index (κ2) is 10.5. The number of alkyl halides is 1. The largest absolute Gasteiger partial charge is 0.508 e. The molecule has 4 aliphatic heterocycles. The Morgan fingerprint density at radius 2 is 1.89 bits per heavy atom. The third kappa shape index (κ3) is 4.38. The fraction of sp³-hybridized carbons (Fsp3) is 0.424. The van der Waals surface area contributed by atoms with E-state index >= 15 is 4.39 Å². The summed E-state index contributed by atoms with van der Waals surface area (Å²) in [5.74, 6) is -3.06. The van der Waals surface area contributed by atoms with Crippen molar-refractivity contribution in [3.8, 4) is 23.0 Å². The molecule has 10 nitrogen and oxygen atoms in total. The zero-order valence-corrected chi connectivity index (χ0v) is 25.0. The number of aromatic nitrogens is 3. The molecule has 13 heteroatoms. The summed E-state index contributed by atoms with van der Waals surface area (Å²) in [6.45, 7) is 3.35. The number of ether oxygens (including phenoxy) is 1. The number of nitrogens with zero attached hydrogens (tertiary/aromatic N) is 5. The van der Waals surface area contributed by atoms with Crippen LogP contribution in [0.4, 0.5) is 19.0 Å². The number of nitrogens with one attached hydrogen (secondary N) is 1. The van der Waals surface area contributed by atoms with Gasteiger partial charge in [-0.05, 0) is 60.3 Å². The average molecular weight is 633 g/mol. The SMILES string of the molecule is CCc1c(F)ccc2cc(O)cc(-c3ncc4c(N5CC6C(=O)NC(=O)C6C5)nc(OC[C@@]56CCCN5C[C@H](F)C6)nc4c3F)c12. The van der Waals surface area contributed by atoms with Gasteiger partial charge >= 0.3 is 6.01 Å². The van der Waals surface area contributed by atoms with E-state index in [9.17, 15) is 23.5 Å². The Morgan fingerprint density at radius 3 is 2.65 bits per heavy atom. The van der Waals surface area contributed by atoms with E-state index in [-0.39, 0.29) is 71.2 Å². The van der Waals surface area contributed by atoms with E-state index in [1.54, 1.807) is 11.8 Å². The normalized spacial score (nSPS) is 25.9. The zero-order chi connectivity index (χ0) is 31.9. The highest BCUT2D eigenvalue weighted by Crippen LogP contribution is 2.42. The molecule has 4 aromatic rings. The number of imide groups is 1. The average Bonchev–Trinajstić information content (AvgIpc) is 3.77. The van der Waals surface area contributed by atoms with Gasteiger partial charge in [-0.1, -0.05) is 13.0 Å².